The number of piperazine rings is 1. The van der Waals surface area contributed by atoms with E-state index in [1.807, 2.05) is 26.0 Å². The fourth-order valence-corrected chi connectivity index (χ4v) is 4.67. The average molecular weight is 499 g/mol. The van der Waals surface area contributed by atoms with Crippen LogP contribution in [-0.4, -0.2) is 77.0 Å². The zero-order valence-electron chi connectivity index (χ0n) is 21.8. The highest BCUT2D eigenvalue weighted by Gasteiger charge is 2.31. The monoisotopic (exact) mass is 498 g/mol. The molecule has 2 aromatic rings. The van der Waals surface area contributed by atoms with Crippen LogP contribution in [0.5, 0.6) is 23.0 Å². The second-order valence-corrected chi connectivity index (χ2v) is 9.66. The molecule has 0 bridgehead atoms. The summed E-state index contributed by atoms with van der Waals surface area (Å²) >= 11 is 0. The molecule has 3 aliphatic rings. The molecule has 36 heavy (non-hydrogen) atoms. The Balaban J connectivity index is 1.29. The molecule has 8 nitrogen and oxygen atoms in total. The van der Waals surface area contributed by atoms with Crippen LogP contribution in [0.15, 0.2) is 36.4 Å². The van der Waals surface area contributed by atoms with Crippen LogP contribution in [0.1, 0.15) is 27.7 Å². The molecule has 0 N–H and O–H groups in total. The normalized spacial score (nSPS) is 24.9. The quantitative estimate of drug-likeness (QED) is 0.405. The van der Waals surface area contributed by atoms with Gasteiger partial charge < -0.3 is 38.2 Å². The van der Waals surface area contributed by atoms with Crippen LogP contribution in [0.4, 0.5) is 11.4 Å². The zero-order valence-corrected chi connectivity index (χ0v) is 21.8. The van der Waals surface area contributed by atoms with Crippen molar-refractivity contribution in [3.8, 4) is 23.0 Å². The first-order valence-corrected chi connectivity index (χ1v) is 13.1. The summed E-state index contributed by atoms with van der Waals surface area (Å²) in [5.41, 5.74) is 2.29. The van der Waals surface area contributed by atoms with Crippen LogP contribution in [0.25, 0.3) is 0 Å². The van der Waals surface area contributed by atoms with Crippen LogP contribution in [-0.2, 0) is 9.47 Å². The Hall–Kier alpha value is -2.84. The van der Waals surface area contributed by atoms with Crippen LogP contribution in [0, 0.1) is 0 Å². The summed E-state index contributed by atoms with van der Waals surface area (Å²) in [7, 11) is 0. The molecule has 196 valence electrons. The Kier molecular flexibility index (Phi) is 7.62. The summed E-state index contributed by atoms with van der Waals surface area (Å²) in [5, 5.41) is 0. The Bertz CT molecular complexity index is 944. The van der Waals surface area contributed by atoms with Crippen molar-refractivity contribution < 1.29 is 28.4 Å². The van der Waals surface area contributed by atoms with Gasteiger partial charge in [-0.1, -0.05) is 0 Å². The number of anilines is 2. The van der Waals surface area contributed by atoms with Crippen molar-refractivity contribution in [1.29, 1.82) is 0 Å². The van der Waals surface area contributed by atoms with Gasteiger partial charge in [-0.3, -0.25) is 0 Å². The molecule has 0 aliphatic carbocycles. The first-order valence-electron chi connectivity index (χ1n) is 13.1. The number of nitrogens with zero attached hydrogens (tertiary/aromatic N) is 2. The number of rotatable bonds is 12. The molecule has 4 atom stereocenters. The van der Waals surface area contributed by atoms with Gasteiger partial charge in [-0.15, -0.1) is 0 Å². The van der Waals surface area contributed by atoms with Crippen LogP contribution in [0.2, 0.25) is 0 Å². The fourth-order valence-electron chi connectivity index (χ4n) is 4.67. The molecule has 0 radical (unpaired) electrons. The molecule has 0 spiro atoms. The molecule has 2 aromatic carbocycles. The van der Waals surface area contributed by atoms with Crippen molar-refractivity contribution in [2.75, 3.05) is 62.5 Å². The highest BCUT2D eigenvalue weighted by molar-refractivity contribution is 5.61. The molecule has 5 rings (SSSR count). The summed E-state index contributed by atoms with van der Waals surface area (Å²) in [4.78, 5) is 4.90. The van der Waals surface area contributed by atoms with Gasteiger partial charge in [0, 0.05) is 48.7 Å². The zero-order chi connectivity index (χ0) is 25.1. The van der Waals surface area contributed by atoms with E-state index in [9.17, 15) is 0 Å². The van der Waals surface area contributed by atoms with Gasteiger partial charge in [-0.05, 0) is 52.0 Å². The lowest BCUT2D eigenvalue weighted by molar-refractivity contribution is 0.245. The smallest absolute Gasteiger partial charge is 0.163 e. The molecular formula is C28H38N2O6. The Morgan fingerprint density at radius 3 is 1.44 bits per heavy atom. The van der Waals surface area contributed by atoms with E-state index in [2.05, 4.69) is 47.9 Å². The highest BCUT2D eigenvalue weighted by Crippen LogP contribution is 2.37. The molecule has 3 saturated heterocycles. The van der Waals surface area contributed by atoms with Crippen molar-refractivity contribution in [3.63, 3.8) is 0 Å². The van der Waals surface area contributed by atoms with E-state index >= 15 is 0 Å². The van der Waals surface area contributed by atoms with Crippen LogP contribution >= 0.6 is 0 Å². The lowest BCUT2D eigenvalue weighted by Crippen LogP contribution is -2.56. The predicted molar refractivity (Wildman–Crippen MR) is 139 cm³/mol. The molecule has 0 amide bonds. The molecule has 3 heterocycles. The van der Waals surface area contributed by atoms with E-state index in [0.29, 0.717) is 38.5 Å². The minimum absolute atomic E-state index is 0.212. The number of ether oxygens (including phenoxy) is 6. The molecular weight excluding hydrogens is 460 g/mol. The van der Waals surface area contributed by atoms with Crippen molar-refractivity contribution in [1.82, 2.24) is 0 Å². The minimum atomic E-state index is 0.212. The van der Waals surface area contributed by atoms with E-state index in [0.717, 1.165) is 60.7 Å². The van der Waals surface area contributed by atoms with Crippen molar-refractivity contribution in [3.05, 3.63) is 36.4 Å². The molecule has 0 saturated carbocycles. The van der Waals surface area contributed by atoms with Gasteiger partial charge in [0.25, 0.3) is 0 Å². The van der Waals surface area contributed by atoms with Gasteiger partial charge >= 0.3 is 0 Å². The van der Waals surface area contributed by atoms with E-state index in [-0.39, 0.29) is 12.2 Å². The Morgan fingerprint density at radius 1 is 0.667 bits per heavy atom. The maximum atomic E-state index is 5.95. The predicted octanol–water partition coefficient (Wildman–Crippen LogP) is 4.14. The molecule has 3 fully saturated rings. The molecule has 8 heteroatoms. The topological polar surface area (TPSA) is 68.5 Å². The van der Waals surface area contributed by atoms with E-state index in [1.54, 1.807) is 0 Å². The summed E-state index contributed by atoms with van der Waals surface area (Å²) in [6.07, 6.45) is 0.424. The van der Waals surface area contributed by atoms with Gasteiger partial charge in [0.1, 0.15) is 25.4 Å². The second-order valence-electron chi connectivity index (χ2n) is 9.66. The number of hydrogen-bond acceptors (Lipinski definition) is 8. The van der Waals surface area contributed by atoms with Gasteiger partial charge in [0.05, 0.1) is 26.4 Å². The van der Waals surface area contributed by atoms with Gasteiger partial charge in [0.15, 0.2) is 23.0 Å². The van der Waals surface area contributed by atoms with Crippen LogP contribution in [0.3, 0.4) is 0 Å². The third-order valence-corrected chi connectivity index (χ3v) is 6.76. The standard InChI is InChI=1S/C28H38N2O6/c1-5-31-27-11-21(7-9-25(27)35-17-23-15-33-23)29-13-20(4)30(14-19(29)3)22-8-10-26(28(12-22)32-6-2)36-18-24-16-34-24/h7-12,19-20,23-24H,5-6,13-18H2,1-4H3. The first kappa shape index (κ1) is 24.8. The molecule has 3 aliphatic heterocycles. The summed E-state index contributed by atoms with van der Waals surface area (Å²) in [6.45, 7) is 14.2. The lowest BCUT2D eigenvalue weighted by Gasteiger charge is -2.46. The third-order valence-electron chi connectivity index (χ3n) is 6.76. The van der Waals surface area contributed by atoms with Gasteiger partial charge in [0.2, 0.25) is 0 Å². The van der Waals surface area contributed by atoms with Crippen molar-refractivity contribution in [2.24, 2.45) is 0 Å². The summed E-state index contributed by atoms with van der Waals surface area (Å²) in [6, 6.07) is 13.1. The van der Waals surface area contributed by atoms with Gasteiger partial charge in [-0.25, -0.2) is 0 Å². The summed E-state index contributed by atoms with van der Waals surface area (Å²) < 4.78 is 34.3. The second kappa shape index (κ2) is 11.0. The molecule has 0 aromatic heterocycles. The minimum Gasteiger partial charge on any atom is -0.490 e. The van der Waals surface area contributed by atoms with E-state index in [1.165, 1.54) is 0 Å². The number of hydrogen-bond donors (Lipinski definition) is 0. The van der Waals surface area contributed by atoms with Crippen molar-refractivity contribution in [2.45, 2.75) is 52.0 Å². The molecule has 4 unspecified atom stereocenters. The Morgan fingerprint density at radius 2 is 1.08 bits per heavy atom. The van der Waals surface area contributed by atoms with E-state index in [4.69, 9.17) is 28.4 Å². The van der Waals surface area contributed by atoms with Gasteiger partial charge in [-0.2, -0.15) is 0 Å². The average Bonchev–Trinajstić information content (AvgIpc) is 3.80. The third kappa shape index (κ3) is 5.93. The highest BCUT2D eigenvalue weighted by atomic mass is 16.6. The number of epoxide rings is 2. The first-order chi connectivity index (χ1) is 17.6. The maximum absolute atomic E-state index is 5.95. The fraction of sp³-hybridized carbons (Fsp3) is 0.571. The van der Waals surface area contributed by atoms with Crippen molar-refractivity contribution >= 4 is 11.4 Å². The summed E-state index contributed by atoms with van der Waals surface area (Å²) in [5.74, 6) is 3.11. The largest absolute Gasteiger partial charge is 0.490 e. The lowest BCUT2D eigenvalue weighted by atomic mass is 10.1. The maximum Gasteiger partial charge on any atom is 0.163 e. The Labute approximate surface area is 214 Å². The SMILES string of the molecule is CCOc1cc(N2CC(C)N(c3ccc(OCC4CO4)c(OCC)c3)CC2C)ccc1OCC1CO1. The number of benzene rings is 2. The van der Waals surface area contributed by atoms with Crippen LogP contribution < -0.4 is 28.7 Å². The van der Waals surface area contributed by atoms with E-state index < -0.39 is 0 Å².